The molecule has 0 bridgehead atoms. The standard InChI is InChI=1S/C9H17F3N2O3/c1-14(2)4-6-16-5-3-13-8(15)17-7-9(10,11)12/h3-7H2,1-2H3,(H,13,15). The van der Waals surface area contributed by atoms with Crippen molar-refractivity contribution in [2.24, 2.45) is 0 Å². The Morgan fingerprint density at radius 1 is 1.29 bits per heavy atom. The van der Waals surface area contributed by atoms with Gasteiger partial charge < -0.3 is 19.7 Å². The van der Waals surface area contributed by atoms with Gasteiger partial charge in [-0.15, -0.1) is 0 Å². The van der Waals surface area contributed by atoms with Gasteiger partial charge >= 0.3 is 12.3 Å². The van der Waals surface area contributed by atoms with Crippen molar-refractivity contribution in [2.75, 3.05) is 47.0 Å². The highest BCUT2D eigenvalue weighted by Gasteiger charge is 2.29. The molecule has 8 heteroatoms. The second-order valence-electron chi connectivity index (χ2n) is 3.53. The lowest BCUT2D eigenvalue weighted by molar-refractivity contribution is -0.160. The number of ether oxygens (including phenoxy) is 2. The number of carbonyl (C=O) groups excluding carboxylic acids is 1. The number of hydrogen-bond donors (Lipinski definition) is 1. The molecule has 0 spiro atoms. The lowest BCUT2D eigenvalue weighted by Crippen LogP contribution is -2.31. The average Bonchev–Trinajstić information content (AvgIpc) is 2.19. The highest BCUT2D eigenvalue weighted by molar-refractivity contribution is 5.67. The molecule has 0 saturated carbocycles. The number of alkyl carbamates (subject to hydrolysis) is 1. The van der Waals surface area contributed by atoms with E-state index in [0.717, 1.165) is 6.54 Å². The molecule has 0 heterocycles. The molecule has 0 atom stereocenters. The van der Waals surface area contributed by atoms with Crippen molar-refractivity contribution in [3.8, 4) is 0 Å². The molecule has 0 aliphatic rings. The predicted octanol–water partition coefficient (Wildman–Crippen LogP) is 0.853. The first-order chi connectivity index (χ1) is 7.81. The number of hydrogen-bond acceptors (Lipinski definition) is 4. The summed E-state index contributed by atoms with van der Waals surface area (Å²) in [4.78, 5) is 12.7. The highest BCUT2D eigenvalue weighted by atomic mass is 19.4. The molecule has 1 N–H and O–H groups in total. The van der Waals surface area contributed by atoms with Crippen molar-refractivity contribution < 1.29 is 27.4 Å². The van der Waals surface area contributed by atoms with E-state index in [1.807, 2.05) is 19.0 Å². The maximum atomic E-state index is 11.6. The smallest absolute Gasteiger partial charge is 0.422 e. The van der Waals surface area contributed by atoms with Crippen molar-refractivity contribution in [2.45, 2.75) is 6.18 Å². The van der Waals surface area contributed by atoms with Crippen molar-refractivity contribution in [1.82, 2.24) is 10.2 Å². The summed E-state index contributed by atoms with van der Waals surface area (Å²) < 4.78 is 44.0. The summed E-state index contributed by atoms with van der Waals surface area (Å²) in [5.74, 6) is 0. The zero-order chi connectivity index (χ0) is 13.3. The minimum absolute atomic E-state index is 0.115. The maximum Gasteiger partial charge on any atom is 0.422 e. The van der Waals surface area contributed by atoms with Crippen LogP contribution in [0, 0.1) is 0 Å². The van der Waals surface area contributed by atoms with Gasteiger partial charge in [-0.25, -0.2) is 4.79 Å². The summed E-state index contributed by atoms with van der Waals surface area (Å²) in [6.45, 7) is -0.00973. The van der Waals surface area contributed by atoms with Crippen molar-refractivity contribution in [3.05, 3.63) is 0 Å². The van der Waals surface area contributed by atoms with Gasteiger partial charge in [-0.05, 0) is 14.1 Å². The van der Waals surface area contributed by atoms with Crippen LogP contribution >= 0.6 is 0 Å². The summed E-state index contributed by atoms with van der Waals surface area (Å²) in [7, 11) is 3.77. The van der Waals surface area contributed by atoms with Crippen LogP contribution in [0.25, 0.3) is 0 Å². The van der Waals surface area contributed by atoms with Gasteiger partial charge in [0.2, 0.25) is 0 Å². The van der Waals surface area contributed by atoms with Crippen LogP contribution in [0.5, 0.6) is 0 Å². The molecular weight excluding hydrogens is 241 g/mol. The van der Waals surface area contributed by atoms with Crippen LogP contribution in [0.3, 0.4) is 0 Å². The SMILES string of the molecule is CN(C)CCOCCNC(=O)OCC(F)(F)F. The Morgan fingerprint density at radius 2 is 1.94 bits per heavy atom. The Labute approximate surface area is 97.9 Å². The molecule has 0 rings (SSSR count). The first-order valence-electron chi connectivity index (χ1n) is 5.01. The Morgan fingerprint density at radius 3 is 2.47 bits per heavy atom. The maximum absolute atomic E-state index is 11.6. The van der Waals surface area contributed by atoms with Crippen molar-refractivity contribution in [1.29, 1.82) is 0 Å². The van der Waals surface area contributed by atoms with Crippen LogP contribution in [0.4, 0.5) is 18.0 Å². The first-order valence-corrected chi connectivity index (χ1v) is 5.01. The number of carbonyl (C=O) groups is 1. The third kappa shape index (κ3) is 12.9. The first kappa shape index (κ1) is 16.0. The van der Waals surface area contributed by atoms with E-state index >= 15 is 0 Å². The highest BCUT2D eigenvalue weighted by Crippen LogP contribution is 2.14. The average molecular weight is 258 g/mol. The van der Waals surface area contributed by atoms with E-state index in [-0.39, 0.29) is 13.2 Å². The predicted molar refractivity (Wildman–Crippen MR) is 54.8 cm³/mol. The monoisotopic (exact) mass is 258 g/mol. The minimum Gasteiger partial charge on any atom is -0.440 e. The van der Waals surface area contributed by atoms with Crippen molar-refractivity contribution >= 4 is 6.09 Å². The van der Waals surface area contributed by atoms with Gasteiger partial charge in [-0.2, -0.15) is 13.2 Å². The summed E-state index contributed by atoms with van der Waals surface area (Å²) >= 11 is 0. The second kappa shape index (κ2) is 8.13. The topological polar surface area (TPSA) is 50.8 Å². The zero-order valence-electron chi connectivity index (χ0n) is 9.84. The number of likely N-dealkylation sites (N-methyl/N-ethyl adjacent to an activating group) is 1. The van der Waals surface area contributed by atoms with Crippen LogP contribution in [0.15, 0.2) is 0 Å². The summed E-state index contributed by atoms with van der Waals surface area (Å²) in [5, 5.41) is 2.14. The molecule has 0 aromatic carbocycles. The lowest BCUT2D eigenvalue weighted by Gasteiger charge is -2.11. The Kier molecular flexibility index (Phi) is 7.64. The van der Waals surface area contributed by atoms with Gasteiger partial charge in [0.1, 0.15) is 0 Å². The van der Waals surface area contributed by atoms with Crippen LogP contribution < -0.4 is 5.32 Å². The minimum atomic E-state index is -4.50. The molecular formula is C9H17F3N2O3. The third-order valence-electron chi connectivity index (χ3n) is 1.57. The normalized spacial score (nSPS) is 11.6. The summed E-state index contributed by atoms with van der Waals surface area (Å²) in [5.41, 5.74) is 0. The fourth-order valence-electron chi connectivity index (χ4n) is 0.773. The van der Waals surface area contributed by atoms with Gasteiger partial charge in [-0.3, -0.25) is 0 Å². The lowest BCUT2D eigenvalue weighted by atomic mass is 10.6. The number of nitrogens with one attached hydrogen (secondary N) is 1. The van der Waals surface area contributed by atoms with Crippen LogP contribution in [0.1, 0.15) is 0 Å². The van der Waals surface area contributed by atoms with Gasteiger partial charge in [0, 0.05) is 13.1 Å². The zero-order valence-corrected chi connectivity index (χ0v) is 9.84. The van der Waals surface area contributed by atoms with Crippen molar-refractivity contribution in [3.63, 3.8) is 0 Å². The van der Waals surface area contributed by atoms with Crippen LogP contribution in [0.2, 0.25) is 0 Å². The van der Waals surface area contributed by atoms with Gasteiger partial charge in [0.05, 0.1) is 13.2 Å². The summed E-state index contributed by atoms with van der Waals surface area (Å²) in [6.07, 6.45) is -5.60. The Hall–Kier alpha value is -1.02. The Balaban J connectivity index is 3.34. The van der Waals surface area contributed by atoms with Crippen LogP contribution in [-0.2, 0) is 9.47 Å². The largest absolute Gasteiger partial charge is 0.440 e. The second-order valence-corrected chi connectivity index (χ2v) is 3.53. The van der Waals surface area contributed by atoms with E-state index in [9.17, 15) is 18.0 Å². The molecule has 0 aromatic rings. The van der Waals surface area contributed by atoms with E-state index in [4.69, 9.17) is 4.74 Å². The number of nitrogens with zero attached hydrogens (tertiary/aromatic N) is 1. The quantitative estimate of drug-likeness (QED) is 0.688. The molecule has 102 valence electrons. The number of rotatable bonds is 7. The van der Waals surface area contributed by atoms with Gasteiger partial charge in [0.15, 0.2) is 6.61 Å². The molecule has 0 aliphatic heterocycles. The molecule has 0 saturated heterocycles. The summed E-state index contributed by atoms with van der Waals surface area (Å²) in [6, 6.07) is 0. The molecule has 0 aliphatic carbocycles. The number of halogens is 3. The molecule has 0 aromatic heterocycles. The van der Waals surface area contributed by atoms with Crippen LogP contribution in [-0.4, -0.2) is 64.2 Å². The number of amides is 1. The molecule has 0 unspecified atom stereocenters. The molecule has 0 fully saturated rings. The van der Waals surface area contributed by atoms with E-state index < -0.39 is 18.9 Å². The van der Waals surface area contributed by atoms with E-state index in [1.165, 1.54) is 0 Å². The molecule has 1 amide bonds. The van der Waals surface area contributed by atoms with E-state index in [0.29, 0.717) is 6.61 Å². The molecule has 0 radical (unpaired) electrons. The molecule has 5 nitrogen and oxygen atoms in total. The van der Waals surface area contributed by atoms with Gasteiger partial charge in [0.25, 0.3) is 0 Å². The van der Waals surface area contributed by atoms with E-state index in [1.54, 1.807) is 0 Å². The number of alkyl halides is 3. The van der Waals surface area contributed by atoms with E-state index in [2.05, 4.69) is 10.1 Å². The fourth-order valence-corrected chi connectivity index (χ4v) is 0.773. The van der Waals surface area contributed by atoms with Gasteiger partial charge in [-0.1, -0.05) is 0 Å². The third-order valence-corrected chi connectivity index (χ3v) is 1.57. The fraction of sp³-hybridized carbons (Fsp3) is 0.889. The Bertz CT molecular complexity index is 222. The molecule has 17 heavy (non-hydrogen) atoms.